The highest BCUT2D eigenvalue weighted by atomic mass is 14.9. The molecule has 4 aromatic heterocycles. The summed E-state index contributed by atoms with van der Waals surface area (Å²) in [5, 5.41) is 0. The molecule has 552 valence electrons. The Hall–Kier alpha value is -9.64. The lowest BCUT2D eigenvalue weighted by Crippen LogP contribution is -2.32. The lowest BCUT2D eigenvalue weighted by Gasteiger charge is -2.14. The zero-order valence-corrected chi connectivity index (χ0v) is 69.9. The number of benzene rings is 8. The third-order valence-corrected chi connectivity index (χ3v) is 23.9. The third-order valence-electron chi connectivity index (χ3n) is 23.9. The van der Waals surface area contributed by atoms with E-state index in [0.717, 1.165) is 51.4 Å². The van der Waals surface area contributed by atoms with Crippen LogP contribution in [0.3, 0.4) is 0 Å². The molecule has 0 radical (unpaired) electrons. The van der Waals surface area contributed by atoms with E-state index in [1.807, 2.05) is 0 Å². The van der Waals surface area contributed by atoms with Crippen LogP contribution >= 0.6 is 0 Å². The van der Waals surface area contributed by atoms with Gasteiger partial charge in [-0.15, -0.1) is 0 Å². The van der Waals surface area contributed by atoms with Crippen LogP contribution in [-0.4, -0.2) is 0 Å². The van der Waals surface area contributed by atoms with Crippen molar-refractivity contribution in [3.63, 3.8) is 0 Å². The van der Waals surface area contributed by atoms with E-state index in [0.29, 0.717) is 23.7 Å². The lowest BCUT2D eigenvalue weighted by atomic mass is 9.91. The molecule has 108 heavy (non-hydrogen) atoms. The average molecular weight is 1430 g/mol. The molecule has 16 rings (SSSR count). The van der Waals surface area contributed by atoms with Crippen molar-refractivity contribution < 1.29 is 18.3 Å². The monoisotopic (exact) mass is 1420 g/mol. The van der Waals surface area contributed by atoms with E-state index in [-0.39, 0.29) is 0 Å². The molecule has 0 saturated carbocycles. The molecule has 4 heterocycles. The molecule has 0 atom stereocenters. The van der Waals surface area contributed by atoms with Crippen molar-refractivity contribution in [2.75, 3.05) is 0 Å². The standard InChI is InChI=1S/4C26H30N/c1-16(2)11-20-14-25(27(6)15-19(20)5)26-18(4)8-10-23-22-9-7-17(3)12-21(22)13-24(23)26;1-16(2)11-21-14-25(27(6)15-19(21)5)26-18(4)8-10-22-23-12-17(3)7-9-20(23)13-24(22)26;1-16(2)12-20-13-25(27(6)15-19(20)5)26-18(4)10-11-22-21-9-7-8-17(3)23(21)14-24(22)26;1-16(2)12-21-14-24(27(6)15-19(21)5)26-18(4)10-11-22-23(26)13-20-9-7-8-17(3)25(20)22/h2*7-10,12,14-16H,11,13H2,1-6H3;7-11,13,15-16H,12,14H2,1-6H3;7-11,14-16H,12-13H2,1-6H3/q4*+1. The Bertz CT molecular complexity index is 5520. The Labute approximate surface area is 649 Å². The lowest BCUT2D eigenvalue weighted by molar-refractivity contribution is -0.661. The minimum Gasteiger partial charge on any atom is -0.201 e. The Morgan fingerprint density at radius 1 is 0.241 bits per heavy atom. The topological polar surface area (TPSA) is 15.5 Å². The molecule has 0 saturated heterocycles. The quantitative estimate of drug-likeness (QED) is 0.108. The zero-order chi connectivity index (χ0) is 77.2. The van der Waals surface area contributed by atoms with Gasteiger partial charge in [0.2, 0.25) is 22.8 Å². The predicted molar refractivity (Wildman–Crippen MR) is 456 cm³/mol. The first kappa shape index (κ1) is 76.6. The summed E-state index contributed by atoms with van der Waals surface area (Å²) < 4.78 is 9.27. The molecule has 4 heteroatoms. The van der Waals surface area contributed by atoms with E-state index < -0.39 is 0 Å². The van der Waals surface area contributed by atoms with Crippen molar-refractivity contribution in [1.29, 1.82) is 0 Å². The molecule has 0 amide bonds. The molecular weight excluding hydrogens is 1310 g/mol. The van der Waals surface area contributed by atoms with Crippen molar-refractivity contribution in [3.8, 4) is 89.5 Å². The molecular formula is C104H120N4+4. The third kappa shape index (κ3) is 15.2. The van der Waals surface area contributed by atoms with Crippen molar-refractivity contribution in [1.82, 2.24) is 0 Å². The SMILES string of the molecule is Cc1c[n+](C)c(-c2c(C)ccc3c2Cc2c(C)cccc2-3)cc1CC(C)C.Cc1c[n+](C)c(-c2c(C)ccc3c2Cc2cccc(C)c2-3)cc1CC(C)C.Cc1ccc2c(c1)-c1ccc(C)c(-c3cc(CC(C)C)c(C)c[n+]3C)c1C2.Cc1ccc2c(c1)Cc1c-2ccc(C)c1-c1cc(CC(C)C)c(C)c[n+]1C. The van der Waals surface area contributed by atoms with Gasteiger partial charge in [-0.2, -0.15) is 0 Å². The van der Waals surface area contributed by atoms with Gasteiger partial charge in [-0.3, -0.25) is 0 Å². The van der Waals surface area contributed by atoms with Crippen molar-refractivity contribution in [3.05, 3.63) is 304 Å². The maximum Gasteiger partial charge on any atom is 0.213 e. The fourth-order valence-corrected chi connectivity index (χ4v) is 18.6. The summed E-state index contributed by atoms with van der Waals surface area (Å²) in [6, 6.07) is 55.5. The molecule has 0 fully saturated rings. The van der Waals surface area contributed by atoms with Gasteiger partial charge in [0.1, 0.15) is 28.2 Å². The number of nitrogens with zero attached hydrogens (tertiary/aromatic N) is 4. The minimum absolute atomic E-state index is 0.666. The average Bonchev–Trinajstić information content (AvgIpc) is 1.60. The summed E-state index contributed by atoms with van der Waals surface area (Å²) in [5.74, 6) is 2.66. The van der Waals surface area contributed by atoms with Crippen LogP contribution < -0.4 is 18.3 Å². The van der Waals surface area contributed by atoms with Gasteiger partial charge in [0, 0.05) is 46.5 Å². The normalized spacial score (nSPS) is 12.4. The van der Waals surface area contributed by atoms with Gasteiger partial charge < -0.3 is 0 Å². The predicted octanol–water partition coefficient (Wildman–Crippen LogP) is 23.5. The Morgan fingerprint density at radius 2 is 0.556 bits per heavy atom. The van der Waals surface area contributed by atoms with Crippen LogP contribution in [0.15, 0.2) is 170 Å². The molecule has 12 aromatic rings. The molecule has 0 spiro atoms. The zero-order valence-electron chi connectivity index (χ0n) is 69.9. The first-order chi connectivity index (χ1) is 51.4. The van der Waals surface area contributed by atoms with Crippen LogP contribution in [0.5, 0.6) is 0 Å². The second kappa shape index (κ2) is 31.1. The van der Waals surface area contributed by atoms with Gasteiger partial charge in [-0.25, -0.2) is 18.3 Å². The van der Waals surface area contributed by atoms with Crippen molar-refractivity contribution in [2.24, 2.45) is 51.9 Å². The summed E-state index contributed by atoms with van der Waals surface area (Å²) in [5.41, 5.74) is 56.7. The highest BCUT2D eigenvalue weighted by molar-refractivity contribution is 5.90. The van der Waals surface area contributed by atoms with Crippen molar-refractivity contribution >= 4 is 0 Å². The van der Waals surface area contributed by atoms with Crippen LogP contribution in [0.1, 0.15) is 189 Å². The van der Waals surface area contributed by atoms with E-state index in [1.165, 1.54) is 223 Å². The van der Waals surface area contributed by atoms with Crippen LogP contribution in [0.2, 0.25) is 0 Å². The van der Waals surface area contributed by atoms with Gasteiger partial charge in [0.15, 0.2) is 24.8 Å². The largest absolute Gasteiger partial charge is 0.213 e. The molecule has 4 aliphatic rings. The highest BCUT2D eigenvalue weighted by Gasteiger charge is 2.33. The summed E-state index contributed by atoms with van der Waals surface area (Å²) >= 11 is 0. The van der Waals surface area contributed by atoms with Gasteiger partial charge in [-0.1, -0.05) is 188 Å². The van der Waals surface area contributed by atoms with Crippen LogP contribution in [0.4, 0.5) is 0 Å². The highest BCUT2D eigenvalue weighted by Crippen LogP contribution is 2.48. The van der Waals surface area contributed by atoms with E-state index in [1.54, 1.807) is 0 Å². The number of hydrogen-bond acceptors (Lipinski definition) is 0. The summed E-state index contributed by atoms with van der Waals surface area (Å²) in [4.78, 5) is 0. The van der Waals surface area contributed by atoms with Gasteiger partial charge >= 0.3 is 0 Å². The number of aromatic nitrogens is 4. The van der Waals surface area contributed by atoms with E-state index in [4.69, 9.17) is 0 Å². The molecule has 0 aliphatic heterocycles. The molecule has 0 bridgehead atoms. The van der Waals surface area contributed by atoms with E-state index >= 15 is 0 Å². The molecule has 4 nitrogen and oxygen atoms in total. The van der Waals surface area contributed by atoms with Gasteiger partial charge in [0.25, 0.3) is 0 Å². The second-order valence-electron chi connectivity index (χ2n) is 34.7. The molecule has 8 aromatic carbocycles. The fourth-order valence-electron chi connectivity index (χ4n) is 18.6. The van der Waals surface area contributed by atoms with E-state index in [2.05, 4.69) is 355 Å². The van der Waals surface area contributed by atoms with Gasteiger partial charge in [0.05, 0.1) is 22.3 Å². The first-order valence-electron chi connectivity index (χ1n) is 40.3. The Balaban J connectivity index is 0.000000127. The maximum absolute atomic E-state index is 2.44. The molecule has 4 aliphatic carbocycles. The molecule has 0 N–H and O–H groups in total. The van der Waals surface area contributed by atoms with Crippen LogP contribution in [0, 0.1) is 107 Å². The molecule has 0 unspecified atom stereocenters. The number of pyridine rings is 4. The fraction of sp³-hybridized carbons (Fsp3) is 0.346. The number of hydrogen-bond donors (Lipinski definition) is 0. The van der Waals surface area contributed by atoms with E-state index in [9.17, 15) is 0 Å². The Morgan fingerprint density at radius 3 is 0.991 bits per heavy atom. The summed E-state index contributed by atoms with van der Waals surface area (Å²) in [6.45, 7) is 45.3. The summed E-state index contributed by atoms with van der Waals surface area (Å²) in [6.07, 6.45) is 17.9. The second-order valence-corrected chi connectivity index (χ2v) is 34.7. The Kier molecular flexibility index (Phi) is 22.1. The number of aryl methyl sites for hydroxylation is 16. The van der Waals surface area contributed by atoms with Gasteiger partial charge in [-0.05, 0) is 303 Å². The van der Waals surface area contributed by atoms with Crippen LogP contribution in [-0.2, 0) is 79.6 Å². The minimum atomic E-state index is 0.666. The van der Waals surface area contributed by atoms with Crippen molar-refractivity contribution in [2.45, 2.75) is 190 Å². The number of rotatable bonds is 12. The summed E-state index contributed by atoms with van der Waals surface area (Å²) in [7, 11) is 8.75. The first-order valence-corrected chi connectivity index (χ1v) is 40.3. The van der Waals surface area contributed by atoms with Crippen LogP contribution in [0.25, 0.3) is 89.5 Å². The number of fused-ring (bicyclic) bond motifs is 12. The smallest absolute Gasteiger partial charge is 0.201 e. The maximum atomic E-state index is 2.44.